The van der Waals surface area contributed by atoms with E-state index in [2.05, 4.69) is 15.0 Å². The van der Waals surface area contributed by atoms with Crippen molar-refractivity contribution < 1.29 is 0 Å². The highest BCUT2D eigenvalue weighted by Gasteiger charge is 2.11. The minimum absolute atomic E-state index is 0.115. The van der Waals surface area contributed by atoms with Gasteiger partial charge in [-0.15, -0.1) is 0 Å². The largest absolute Gasteiger partial charge is 0.339 e. The summed E-state index contributed by atoms with van der Waals surface area (Å²) in [5, 5.41) is 0. The highest BCUT2D eigenvalue weighted by atomic mass is 16.1. The van der Waals surface area contributed by atoms with Gasteiger partial charge in [0.1, 0.15) is 5.52 Å². The van der Waals surface area contributed by atoms with Crippen molar-refractivity contribution in [2.24, 2.45) is 7.05 Å². The number of hydrogen-bond donors (Lipinski definition) is 1. The highest BCUT2D eigenvalue weighted by molar-refractivity contribution is 5.71. The lowest BCUT2D eigenvalue weighted by Gasteiger charge is -2.01. The average molecular weight is 203 g/mol. The second-order valence-electron chi connectivity index (χ2n) is 3.52. The molecule has 0 saturated carbocycles. The minimum Gasteiger partial charge on any atom is -0.339 e. The molecule has 0 aromatic carbocycles. The van der Waals surface area contributed by atoms with E-state index in [1.807, 2.05) is 14.0 Å². The molecule has 3 aromatic rings. The van der Waals surface area contributed by atoms with Crippen LogP contribution in [-0.4, -0.2) is 23.9 Å². The summed E-state index contributed by atoms with van der Waals surface area (Å²) in [6.07, 6.45) is 3.23. The maximum atomic E-state index is 12.0. The molecule has 6 nitrogen and oxygen atoms in total. The number of nitrogens with one attached hydrogen (secondary N) is 1. The van der Waals surface area contributed by atoms with E-state index in [0.717, 1.165) is 5.69 Å². The van der Waals surface area contributed by atoms with Gasteiger partial charge in [0.2, 0.25) is 5.78 Å². The summed E-state index contributed by atoms with van der Waals surface area (Å²) in [5.74, 6) is 0.608. The van der Waals surface area contributed by atoms with Crippen molar-refractivity contribution in [2.45, 2.75) is 6.92 Å². The van der Waals surface area contributed by atoms with Gasteiger partial charge in [-0.25, -0.2) is 14.4 Å². The van der Waals surface area contributed by atoms with Crippen LogP contribution in [0, 0.1) is 6.92 Å². The Kier molecular flexibility index (Phi) is 1.35. The molecule has 0 saturated heterocycles. The molecule has 0 aliphatic heterocycles. The standard InChI is InChI=1S/C9H9N5O/c1-5-3-14-8(15)6-7(11-4-10-6)13(2)9(14)12-5/h3-4H,1-2H3,(H,10,11). The zero-order valence-corrected chi connectivity index (χ0v) is 8.35. The first-order valence-electron chi connectivity index (χ1n) is 4.56. The monoisotopic (exact) mass is 203 g/mol. The molecule has 0 bridgehead atoms. The molecular formula is C9H9N5O. The molecule has 0 radical (unpaired) electrons. The summed E-state index contributed by atoms with van der Waals surface area (Å²) in [6.45, 7) is 1.86. The van der Waals surface area contributed by atoms with Crippen LogP contribution in [-0.2, 0) is 7.05 Å². The third kappa shape index (κ3) is 0.903. The summed E-state index contributed by atoms with van der Waals surface area (Å²) >= 11 is 0. The number of nitrogens with zero attached hydrogens (tertiary/aromatic N) is 4. The van der Waals surface area contributed by atoms with Gasteiger partial charge in [-0.3, -0.25) is 9.36 Å². The first-order chi connectivity index (χ1) is 7.18. The SMILES string of the molecule is Cc1cn2c(=O)c3[nH]cnc3n(C)c2n1. The molecule has 0 aliphatic rings. The lowest BCUT2D eigenvalue weighted by atomic mass is 10.5. The average Bonchev–Trinajstić information content (AvgIpc) is 2.79. The number of hydrogen-bond acceptors (Lipinski definition) is 3. The molecule has 15 heavy (non-hydrogen) atoms. The topological polar surface area (TPSA) is 68.0 Å². The number of rotatable bonds is 0. The Bertz CT molecular complexity index is 717. The van der Waals surface area contributed by atoms with Gasteiger partial charge in [0, 0.05) is 13.2 Å². The van der Waals surface area contributed by atoms with E-state index >= 15 is 0 Å². The molecule has 3 heterocycles. The molecule has 76 valence electrons. The van der Waals surface area contributed by atoms with Crippen molar-refractivity contribution in [3.8, 4) is 0 Å². The van der Waals surface area contributed by atoms with Gasteiger partial charge in [0.05, 0.1) is 12.0 Å². The third-order valence-electron chi connectivity index (χ3n) is 2.48. The first-order valence-corrected chi connectivity index (χ1v) is 4.56. The van der Waals surface area contributed by atoms with E-state index in [4.69, 9.17) is 0 Å². The Hall–Kier alpha value is -2.11. The zero-order valence-electron chi connectivity index (χ0n) is 8.35. The first kappa shape index (κ1) is 8.22. The number of aromatic amines is 1. The number of H-pyrrole nitrogens is 1. The Morgan fingerprint density at radius 1 is 1.47 bits per heavy atom. The van der Waals surface area contributed by atoms with Crippen LogP contribution in [0.25, 0.3) is 16.9 Å². The summed E-state index contributed by atoms with van der Waals surface area (Å²) in [7, 11) is 1.84. The van der Waals surface area contributed by atoms with Crippen molar-refractivity contribution in [3.63, 3.8) is 0 Å². The molecule has 0 spiro atoms. The predicted molar refractivity (Wildman–Crippen MR) is 54.8 cm³/mol. The van der Waals surface area contributed by atoms with Gasteiger partial charge in [0.25, 0.3) is 5.56 Å². The van der Waals surface area contributed by atoms with Crippen LogP contribution in [0.15, 0.2) is 17.3 Å². The van der Waals surface area contributed by atoms with E-state index in [1.165, 1.54) is 10.7 Å². The smallest absolute Gasteiger partial charge is 0.285 e. The summed E-state index contributed by atoms with van der Waals surface area (Å²) in [6, 6.07) is 0. The zero-order chi connectivity index (χ0) is 10.6. The van der Waals surface area contributed by atoms with Crippen molar-refractivity contribution in [1.82, 2.24) is 23.9 Å². The van der Waals surface area contributed by atoms with E-state index in [1.54, 1.807) is 10.8 Å². The summed E-state index contributed by atoms with van der Waals surface area (Å²) in [4.78, 5) is 23.2. The Balaban J connectivity index is 2.74. The van der Waals surface area contributed by atoms with Crippen LogP contribution < -0.4 is 5.56 Å². The van der Waals surface area contributed by atoms with Crippen LogP contribution in [0.1, 0.15) is 5.69 Å². The Morgan fingerprint density at radius 2 is 2.27 bits per heavy atom. The van der Waals surface area contributed by atoms with Gasteiger partial charge >= 0.3 is 0 Å². The Morgan fingerprint density at radius 3 is 3.07 bits per heavy atom. The van der Waals surface area contributed by atoms with Gasteiger partial charge in [-0.2, -0.15) is 0 Å². The number of fused-ring (bicyclic) bond motifs is 2. The van der Waals surface area contributed by atoms with Gasteiger partial charge < -0.3 is 4.98 Å². The molecule has 0 atom stereocenters. The molecule has 6 heteroatoms. The predicted octanol–water partition coefficient (Wildman–Crippen LogP) is 0.218. The molecule has 0 amide bonds. The van der Waals surface area contributed by atoms with Crippen LogP contribution in [0.2, 0.25) is 0 Å². The summed E-state index contributed by atoms with van der Waals surface area (Å²) < 4.78 is 3.32. The maximum Gasteiger partial charge on any atom is 0.285 e. The molecule has 0 unspecified atom stereocenters. The van der Waals surface area contributed by atoms with E-state index in [9.17, 15) is 4.79 Å². The summed E-state index contributed by atoms with van der Waals surface area (Å²) in [5.41, 5.74) is 1.83. The van der Waals surface area contributed by atoms with Crippen molar-refractivity contribution >= 4 is 16.9 Å². The fraction of sp³-hybridized carbons (Fsp3) is 0.222. The van der Waals surface area contributed by atoms with E-state index < -0.39 is 0 Å². The number of imidazole rings is 2. The number of aryl methyl sites for hydroxylation is 2. The van der Waals surface area contributed by atoms with Crippen LogP contribution in [0.3, 0.4) is 0 Å². The molecule has 3 rings (SSSR count). The third-order valence-corrected chi connectivity index (χ3v) is 2.48. The molecule has 3 aromatic heterocycles. The second kappa shape index (κ2) is 2.47. The molecule has 0 fully saturated rings. The normalized spacial score (nSPS) is 11.6. The number of aromatic nitrogens is 5. The lowest BCUT2D eigenvalue weighted by molar-refractivity contribution is 0.900. The van der Waals surface area contributed by atoms with Gasteiger partial charge in [-0.1, -0.05) is 0 Å². The van der Waals surface area contributed by atoms with Crippen LogP contribution in [0.5, 0.6) is 0 Å². The molecule has 0 aliphatic carbocycles. The van der Waals surface area contributed by atoms with Crippen LogP contribution in [0.4, 0.5) is 0 Å². The van der Waals surface area contributed by atoms with Crippen molar-refractivity contribution in [3.05, 3.63) is 28.6 Å². The van der Waals surface area contributed by atoms with Crippen LogP contribution >= 0.6 is 0 Å². The molecule has 1 N–H and O–H groups in total. The molecular weight excluding hydrogens is 194 g/mol. The minimum atomic E-state index is -0.115. The lowest BCUT2D eigenvalue weighted by Crippen LogP contribution is -2.16. The maximum absolute atomic E-state index is 12.0. The fourth-order valence-electron chi connectivity index (χ4n) is 1.79. The second-order valence-corrected chi connectivity index (χ2v) is 3.52. The van der Waals surface area contributed by atoms with Crippen molar-refractivity contribution in [2.75, 3.05) is 0 Å². The highest BCUT2D eigenvalue weighted by Crippen LogP contribution is 2.08. The quantitative estimate of drug-likeness (QED) is 0.568. The fourth-order valence-corrected chi connectivity index (χ4v) is 1.79. The van der Waals surface area contributed by atoms with Gasteiger partial charge in [0.15, 0.2) is 5.65 Å². The van der Waals surface area contributed by atoms with E-state index in [-0.39, 0.29) is 5.56 Å². The van der Waals surface area contributed by atoms with Gasteiger partial charge in [-0.05, 0) is 6.92 Å². The Labute approximate surface area is 84.2 Å². The van der Waals surface area contributed by atoms with Crippen molar-refractivity contribution in [1.29, 1.82) is 0 Å². The van der Waals surface area contributed by atoms with E-state index in [0.29, 0.717) is 16.9 Å².